The van der Waals surface area contributed by atoms with Gasteiger partial charge in [-0.2, -0.15) is 13.7 Å². The van der Waals surface area contributed by atoms with Crippen LogP contribution >= 0.6 is 46.6 Å². The summed E-state index contributed by atoms with van der Waals surface area (Å²) in [5, 5.41) is 24.3. The normalized spacial score (nSPS) is 19.7. The highest BCUT2D eigenvalue weighted by molar-refractivity contribution is 8.01. The van der Waals surface area contributed by atoms with Gasteiger partial charge in [0.1, 0.15) is 24.2 Å². The van der Waals surface area contributed by atoms with Crippen molar-refractivity contribution >= 4 is 81.2 Å². The summed E-state index contributed by atoms with van der Waals surface area (Å²) in [7, 11) is 1.23. The molecule has 35 heavy (non-hydrogen) atoms. The lowest BCUT2D eigenvalue weighted by molar-refractivity contribution is -0.150. The number of amides is 2. The lowest BCUT2D eigenvalue weighted by Crippen LogP contribution is -2.71. The van der Waals surface area contributed by atoms with Crippen molar-refractivity contribution in [2.45, 2.75) is 15.8 Å². The van der Waals surface area contributed by atoms with Gasteiger partial charge < -0.3 is 26.1 Å². The zero-order valence-corrected chi connectivity index (χ0v) is 20.7. The number of oxime groups is 1. The number of aromatic carboxylic acids is 1. The molecule has 2 aliphatic heterocycles. The zero-order valence-electron chi connectivity index (χ0n) is 17.4. The van der Waals surface area contributed by atoms with E-state index in [1.165, 1.54) is 18.9 Å². The molecule has 0 radical (unpaired) electrons. The minimum absolute atomic E-state index is 0.0695. The summed E-state index contributed by atoms with van der Waals surface area (Å²) < 4.78 is 7.97. The third kappa shape index (κ3) is 4.92. The Balaban J connectivity index is 1.48. The van der Waals surface area contributed by atoms with Gasteiger partial charge in [0, 0.05) is 23.0 Å². The Labute approximate surface area is 212 Å². The Hall–Kier alpha value is -3.29. The molecule has 0 aliphatic carbocycles. The number of fused-ring (bicyclic) bond motifs is 1. The molecule has 0 aromatic carbocycles. The first-order chi connectivity index (χ1) is 16.7. The van der Waals surface area contributed by atoms with E-state index >= 15 is 0 Å². The number of carboxylic acid groups (broad SMARTS) is 2. The van der Waals surface area contributed by atoms with Crippen LogP contribution < -0.4 is 11.1 Å². The fourth-order valence-corrected chi connectivity index (χ4v) is 6.62. The SMILES string of the molecule is CON=C(C(=O)NC1C(=O)N2C(C(=O)O)=C(CSc3nc(C(=O)O)ns3)CS[C@@H]12)c1nsc(N)n1. The maximum Gasteiger partial charge on any atom is 0.375 e. The molecule has 1 saturated heterocycles. The standard InChI is InChI=1S/C16H14N8O7S4/c1-31-21-5(8-19-15(17)34-22-8)10(25)18-6-11(26)24-7(13(27)28)4(2-32-12(6)24)3-33-16-20-9(14(29)30)23-35-16/h6,12H,2-3H2,1H3,(H,18,25)(H,27,28)(H,29,30)(H2,17,19,22)/t6?,12-/m0/s1. The number of aliphatic carboxylic acids is 1. The molecule has 1 unspecified atom stereocenters. The van der Waals surface area contributed by atoms with E-state index in [9.17, 15) is 24.3 Å². The Morgan fingerprint density at radius 3 is 2.57 bits per heavy atom. The Kier molecular flexibility index (Phi) is 7.19. The van der Waals surface area contributed by atoms with Crippen molar-refractivity contribution in [1.29, 1.82) is 0 Å². The van der Waals surface area contributed by atoms with Crippen LogP contribution in [0.3, 0.4) is 0 Å². The van der Waals surface area contributed by atoms with Gasteiger partial charge in [-0.3, -0.25) is 14.5 Å². The molecule has 1 fully saturated rings. The molecule has 4 rings (SSSR count). The molecule has 15 nitrogen and oxygen atoms in total. The number of rotatable bonds is 9. The first-order valence-electron chi connectivity index (χ1n) is 9.32. The summed E-state index contributed by atoms with van der Waals surface area (Å²) in [5.41, 5.74) is 5.55. The van der Waals surface area contributed by atoms with E-state index in [-0.39, 0.29) is 39.7 Å². The Bertz CT molecular complexity index is 1270. The summed E-state index contributed by atoms with van der Waals surface area (Å²) in [6.45, 7) is 0. The number of β-lactam (4-membered cyclic amide) rings is 1. The van der Waals surface area contributed by atoms with Gasteiger partial charge in [0.05, 0.1) is 0 Å². The highest BCUT2D eigenvalue weighted by atomic mass is 32.2. The maximum atomic E-state index is 12.9. The highest BCUT2D eigenvalue weighted by Gasteiger charge is 2.54. The third-order valence-corrected chi connectivity index (χ3v) is 8.36. The molecule has 2 aromatic rings. The number of aromatic nitrogens is 4. The molecule has 2 aliphatic rings. The van der Waals surface area contributed by atoms with E-state index in [1.54, 1.807) is 0 Å². The fraction of sp³-hybridized carbons (Fsp3) is 0.312. The number of hydrogen-bond acceptors (Lipinski definition) is 15. The smallest absolute Gasteiger partial charge is 0.375 e. The first kappa shape index (κ1) is 24.8. The van der Waals surface area contributed by atoms with Crippen LogP contribution in [0, 0.1) is 0 Å². The van der Waals surface area contributed by atoms with Crippen molar-refractivity contribution in [3.63, 3.8) is 0 Å². The number of nitrogens with two attached hydrogens (primary N) is 1. The van der Waals surface area contributed by atoms with Gasteiger partial charge in [0.25, 0.3) is 17.6 Å². The summed E-state index contributed by atoms with van der Waals surface area (Å²) in [4.78, 5) is 62.1. The molecular weight excluding hydrogens is 544 g/mol. The van der Waals surface area contributed by atoms with E-state index in [1.807, 2.05) is 0 Å². The van der Waals surface area contributed by atoms with E-state index in [4.69, 9.17) is 10.8 Å². The average molecular weight is 559 g/mol. The molecule has 2 atom stereocenters. The second-order valence-corrected chi connectivity index (χ2v) is 10.5. The van der Waals surface area contributed by atoms with Gasteiger partial charge in [0.2, 0.25) is 11.5 Å². The van der Waals surface area contributed by atoms with Crippen molar-refractivity contribution in [3.8, 4) is 0 Å². The van der Waals surface area contributed by atoms with Crippen LogP contribution in [-0.2, 0) is 19.2 Å². The molecule has 0 spiro atoms. The fourth-order valence-electron chi connectivity index (χ4n) is 3.11. The number of carbonyl (C=O) groups excluding carboxylic acids is 2. The molecule has 2 aromatic heterocycles. The minimum Gasteiger partial charge on any atom is -0.477 e. The lowest BCUT2D eigenvalue weighted by Gasteiger charge is -2.49. The lowest BCUT2D eigenvalue weighted by atomic mass is 10.0. The molecule has 2 amide bonds. The summed E-state index contributed by atoms with van der Waals surface area (Å²) in [6, 6.07) is -1.00. The summed E-state index contributed by atoms with van der Waals surface area (Å²) >= 11 is 4.13. The van der Waals surface area contributed by atoms with Crippen molar-refractivity contribution in [2.75, 3.05) is 24.3 Å². The van der Waals surface area contributed by atoms with Crippen LogP contribution in [0.4, 0.5) is 5.13 Å². The van der Waals surface area contributed by atoms with Gasteiger partial charge >= 0.3 is 11.9 Å². The second kappa shape index (κ2) is 10.1. The van der Waals surface area contributed by atoms with Crippen LogP contribution in [0.25, 0.3) is 0 Å². The van der Waals surface area contributed by atoms with E-state index in [2.05, 4.69) is 34.0 Å². The number of carbonyl (C=O) groups is 4. The number of hydrogen-bond donors (Lipinski definition) is 4. The quantitative estimate of drug-likeness (QED) is 0.132. The second-order valence-electron chi connectivity index (χ2n) is 6.67. The van der Waals surface area contributed by atoms with Gasteiger partial charge in [0.15, 0.2) is 9.47 Å². The van der Waals surface area contributed by atoms with Crippen LogP contribution in [0.1, 0.15) is 16.4 Å². The predicted molar refractivity (Wildman–Crippen MR) is 125 cm³/mol. The van der Waals surface area contributed by atoms with Crippen molar-refractivity contribution in [3.05, 3.63) is 22.9 Å². The van der Waals surface area contributed by atoms with Gasteiger partial charge in [-0.25, -0.2) is 14.6 Å². The molecule has 4 heterocycles. The average Bonchev–Trinajstić information content (AvgIpc) is 3.47. The topological polar surface area (TPSA) is 223 Å². The molecule has 19 heteroatoms. The number of nitrogen functional groups attached to an aromatic ring is 1. The molecule has 0 saturated carbocycles. The monoisotopic (exact) mass is 558 g/mol. The number of carboxylic acids is 2. The van der Waals surface area contributed by atoms with Crippen LogP contribution in [0.15, 0.2) is 20.8 Å². The third-order valence-electron chi connectivity index (χ3n) is 4.56. The number of anilines is 1. The molecule has 0 bridgehead atoms. The van der Waals surface area contributed by atoms with Crippen LogP contribution in [-0.4, -0.2) is 93.3 Å². The first-order valence-corrected chi connectivity index (χ1v) is 12.9. The molecule has 184 valence electrons. The van der Waals surface area contributed by atoms with Gasteiger partial charge in [-0.05, 0) is 17.1 Å². The molecular formula is C16H14N8O7S4. The Morgan fingerprint density at radius 1 is 1.23 bits per heavy atom. The number of thioether (sulfide) groups is 2. The minimum atomic E-state index is -1.30. The Morgan fingerprint density at radius 2 is 1.97 bits per heavy atom. The largest absolute Gasteiger partial charge is 0.477 e. The number of nitrogens with zero attached hydrogens (tertiary/aromatic N) is 6. The van der Waals surface area contributed by atoms with Crippen molar-refractivity contribution < 1.29 is 34.2 Å². The number of nitrogens with one attached hydrogen (secondary N) is 1. The van der Waals surface area contributed by atoms with Crippen LogP contribution in [0.5, 0.6) is 0 Å². The zero-order chi connectivity index (χ0) is 25.3. The van der Waals surface area contributed by atoms with E-state index in [0.717, 1.165) is 39.7 Å². The molecule has 5 N–H and O–H groups in total. The van der Waals surface area contributed by atoms with E-state index in [0.29, 0.717) is 9.91 Å². The van der Waals surface area contributed by atoms with Crippen LogP contribution in [0.2, 0.25) is 0 Å². The van der Waals surface area contributed by atoms with E-state index < -0.39 is 35.2 Å². The summed E-state index contributed by atoms with van der Waals surface area (Å²) in [6.07, 6.45) is 0. The highest BCUT2D eigenvalue weighted by Crippen LogP contribution is 2.41. The predicted octanol–water partition coefficient (Wildman–Crippen LogP) is -0.449. The van der Waals surface area contributed by atoms with Gasteiger partial charge in [-0.15, -0.1) is 11.8 Å². The maximum absolute atomic E-state index is 12.9. The summed E-state index contributed by atoms with van der Waals surface area (Å²) in [5.74, 6) is -3.93. The van der Waals surface area contributed by atoms with Crippen molar-refractivity contribution in [2.24, 2.45) is 5.16 Å². The van der Waals surface area contributed by atoms with Crippen molar-refractivity contribution in [1.82, 2.24) is 28.9 Å². The van der Waals surface area contributed by atoms with Gasteiger partial charge in [-0.1, -0.05) is 16.9 Å².